The minimum atomic E-state index is -1.76. The number of methoxy groups -OCH3 is 1. The molecule has 1 fully saturated rings. The minimum absolute atomic E-state index is 0.216. The lowest BCUT2D eigenvalue weighted by Gasteiger charge is -2.39. The van der Waals surface area contributed by atoms with E-state index in [2.05, 4.69) is 45.7 Å². The number of esters is 1. The van der Waals surface area contributed by atoms with Crippen molar-refractivity contribution in [2.45, 2.75) is 121 Å². The second-order valence-electron chi connectivity index (χ2n) is 11.8. The van der Waals surface area contributed by atoms with Gasteiger partial charge >= 0.3 is 5.97 Å². The molecule has 0 N–H and O–H groups in total. The number of likely N-dealkylation sites (tertiary alicyclic amines) is 1. The molecule has 0 aliphatic carbocycles. The maximum atomic E-state index is 11.7. The van der Waals surface area contributed by atoms with Crippen molar-refractivity contribution in [3.8, 4) is 0 Å². The first-order valence-corrected chi connectivity index (χ1v) is 17.1. The zero-order chi connectivity index (χ0) is 26.1. The molecule has 1 heterocycles. The second kappa shape index (κ2) is 14.2. The van der Waals surface area contributed by atoms with Gasteiger partial charge in [-0.25, -0.2) is 4.79 Å². The fourth-order valence-corrected chi connectivity index (χ4v) is 6.56. The number of ether oxygens (including phenoxy) is 1. The third kappa shape index (κ3) is 9.49. The summed E-state index contributed by atoms with van der Waals surface area (Å²) in [6.45, 7) is 16.2. The number of unbranched alkanes of at least 4 members (excludes halogenated alkanes) is 2. The maximum Gasteiger partial charge on any atom is 0.337 e. The molecular formula is C29H50ClNO3Si. The van der Waals surface area contributed by atoms with Crippen LogP contribution in [0.4, 0.5) is 0 Å². The number of nitrogens with zero attached hydrogens (tertiary/aromatic N) is 1. The molecule has 1 saturated heterocycles. The van der Waals surface area contributed by atoms with Gasteiger partial charge in [0.25, 0.3) is 0 Å². The van der Waals surface area contributed by atoms with Crippen LogP contribution in [0.25, 0.3) is 0 Å². The molecule has 0 spiro atoms. The minimum Gasteiger partial charge on any atom is -0.465 e. The van der Waals surface area contributed by atoms with Gasteiger partial charge in [0.1, 0.15) is 0 Å². The predicted molar refractivity (Wildman–Crippen MR) is 151 cm³/mol. The highest BCUT2D eigenvalue weighted by molar-refractivity contribution is 6.74. The lowest BCUT2D eigenvalue weighted by atomic mass is 10.0. The Morgan fingerprint density at radius 3 is 2.40 bits per heavy atom. The highest BCUT2D eigenvalue weighted by atomic mass is 35.5. The van der Waals surface area contributed by atoms with E-state index in [1.54, 1.807) is 0 Å². The Kier molecular flexibility index (Phi) is 12.3. The molecule has 0 unspecified atom stereocenters. The Morgan fingerprint density at radius 2 is 1.80 bits per heavy atom. The Bertz CT molecular complexity index is 762. The van der Waals surface area contributed by atoms with E-state index in [0.717, 1.165) is 38.8 Å². The van der Waals surface area contributed by atoms with Crippen molar-refractivity contribution in [2.24, 2.45) is 0 Å². The summed E-state index contributed by atoms with van der Waals surface area (Å²) in [7, 11) is -0.347. The molecule has 0 saturated carbocycles. The zero-order valence-electron chi connectivity index (χ0n) is 23.4. The number of rotatable bonds is 14. The molecule has 0 aromatic heterocycles. The summed E-state index contributed by atoms with van der Waals surface area (Å²) in [5, 5.41) is 0.463. The van der Waals surface area contributed by atoms with Crippen LogP contribution in [-0.4, -0.2) is 56.9 Å². The van der Waals surface area contributed by atoms with E-state index >= 15 is 0 Å². The van der Waals surface area contributed by atoms with Gasteiger partial charge < -0.3 is 9.16 Å². The lowest BCUT2D eigenvalue weighted by Crippen LogP contribution is -2.44. The average molecular weight is 524 g/mol. The molecule has 200 valence electrons. The SMILES string of the molecule is CCCCC[C@@H](CCCN1CC[C@@H](Cl)[C@@H]1CCc1ccc(C(=O)OC)cc1)O[Si](C)(C)C(C)(C)C. The van der Waals surface area contributed by atoms with Crippen LogP contribution in [0.1, 0.15) is 95.0 Å². The molecule has 0 bridgehead atoms. The summed E-state index contributed by atoms with van der Waals surface area (Å²) >= 11 is 6.77. The van der Waals surface area contributed by atoms with Gasteiger partial charge in [-0.05, 0) is 87.4 Å². The van der Waals surface area contributed by atoms with Crippen LogP contribution in [-0.2, 0) is 15.6 Å². The van der Waals surface area contributed by atoms with Crippen LogP contribution in [0, 0.1) is 0 Å². The van der Waals surface area contributed by atoms with Crippen molar-refractivity contribution in [3.63, 3.8) is 0 Å². The van der Waals surface area contributed by atoms with Crippen LogP contribution < -0.4 is 0 Å². The van der Waals surface area contributed by atoms with Gasteiger partial charge in [-0.1, -0.05) is 59.1 Å². The van der Waals surface area contributed by atoms with Gasteiger partial charge in [-0.15, -0.1) is 11.6 Å². The topological polar surface area (TPSA) is 38.8 Å². The first kappa shape index (κ1) is 30.3. The van der Waals surface area contributed by atoms with Crippen molar-refractivity contribution < 1.29 is 14.0 Å². The number of carbonyl (C=O) groups excluding carboxylic acids is 1. The van der Waals surface area contributed by atoms with Gasteiger partial charge in [-0.2, -0.15) is 0 Å². The Morgan fingerprint density at radius 1 is 1.14 bits per heavy atom. The largest absolute Gasteiger partial charge is 0.465 e. The molecule has 1 aromatic rings. The molecule has 3 atom stereocenters. The number of hydrogen-bond acceptors (Lipinski definition) is 4. The summed E-state index contributed by atoms with van der Waals surface area (Å²) < 4.78 is 11.7. The van der Waals surface area contributed by atoms with Crippen LogP contribution in [0.3, 0.4) is 0 Å². The fourth-order valence-electron chi connectivity index (χ4n) is 4.76. The van der Waals surface area contributed by atoms with Crippen LogP contribution in [0.5, 0.6) is 0 Å². The van der Waals surface area contributed by atoms with E-state index < -0.39 is 8.32 Å². The number of hydrogen-bond donors (Lipinski definition) is 0. The maximum absolute atomic E-state index is 11.7. The molecule has 4 nitrogen and oxygen atoms in total. The Balaban J connectivity index is 1.89. The molecule has 0 radical (unpaired) electrons. The lowest BCUT2D eigenvalue weighted by molar-refractivity contribution is 0.0600. The summed E-state index contributed by atoms with van der Waals surface area (Å²) in [6.07, 6.45) is 10.8. The molecule has 35 heavy (non-hydrogen) atoms. The summed E-state index contributed by atoms with van der Waals surface area (Å²) in [5.74, 6) is -0.287. The van der Waals surface area contributed by atoms with E-state index in [0.29, 0.717) is 17.7 Å². The number of halogens is 1. The molecule has 0 amide bonds. The quantitative estimate of drug-likeness (QED) is 0.108. The molecule has 1 aromatic carbocycles. The van der Waals surface area contributed by atoms with Crippen LogP contribution in [0.2, 0.25) is 18.1 Å². The molecule has 1 aliphatic rings. The monoisotopic (exact) mass is 523 g/mol. The third-order valence-corrected chi connectivity index (χ3v) is 13.1. The van der Waals surface area contributed by atoms with E-state index in [-0.39, 0.29) is 16.4 Å². The van der Waals surface area contributed by atoms with Crippen LogP contribution >= 0.6 is 11.6 Å². The van der Waals surface area contributed by atoms with Crippen molar-refractivity contribution >= 4 is 25.9 Å². The number of alkyl halides is 1. The van der Waals surface area contributed by atoms with E-state index in [1.807, 2.05) is 24.3 Å². The van der Waals surface area contributed by atoms with Crippen LogP contribution in [0.15, 0.2) is 24.3 Å². The number of carbonyl (C=O) groups is 1. The summed E-state index contributed by atoms with van der Waals surface area (Å²) in [5.41, 5.74) is 1.84. The first-order chi connectivity index (χ1) is 16.5. The zero-order valence-corrected chi connectivity index (χ0v) is 25.1. The highest BCUT2D eigenvalue weighted by Crippen LogP contribution is 2.38. The predicted octanol–water partition coefficient (Wildman–Crippen LogP) is 7.84. The van der Waals surface area contributed by atoms with E-state index in [9.17, 15) is 4.79 Å². The Labute approximate surface area is 221 Å². The number of benzene rings is 1. The smallest absolute Gasteiger partial charge is 0.337 e. The van der Waals surface area contributed by atoms with Gasteiger partial charge in [0.2, 0.25) is 0 Å². The van der Waals surface area contributed by atoms with Gasteiger partial charge in [0.15, 0.2) is 8.32 Å². The normalized spacial score (nSPS) is 20.2. The molecular weight excluding hydrogens is 474 g/mol. The van der Waals surface area contributed by atoms with Crippen molar-refractivity contribution in [3.05, 3.63) is 35.4 Å². The van der Waals surface area contributed by atoms with Gasteiger partial charge in [0.05, 0.1) is 18.1 Å². The average Bonchev–Trinajstić information content (AvgIpc) is 3.15. The standard InChI is InChI=1S/C29H50ClNO3Si/c1-8-9-10-12-25(34-35(6,7)29(2,3)4)13-11-21-31-22-20-26(30)27(31)19-16-23-14-17-24(18-15-23)28(32)33-5/h14-15,17-18,25-27H,8-13,16,19-22H2,1-7H3/t25-,26+,27-/m0/s1. The van der Waals surface area contributed by atoms with Crippen molar-refractivity contribution in [2.75, 3.05) is 20.2 Å². The van der Waals surface area contributed by atoms with E-state index in [1.165, 1.54) is 44.8 Å². The molecule has 6 heteroatoms. The van der Waals surface area contributed by atoms with Gasteiger partial charge in [-0.3, -0.25) is 4.90 Å². The third-order valence-electron chi connectivity index (χ3n) is 8.05. The van der Waals surface area contributed by atoms with Gasteiger partial charge in [0, 0.05) is 12.1 Å². The Hall–Kier alpha value is -0.883. The highest BCUT2D eigenvalue weighted by Gasteiger charge is 2.39. The summed E-state index contributed by atoms with van der Waals surface area (Å²) in [6, 6.07) is 8.19. The van der Waals surface area contributed by atoms with E-state index in [4.69, 9.17) is 20.8 Å². The van der Waals surface area contributed by atoms with Crippen molar-refractivity contribution in [1.82, 2.24) is 4.90 Å². The van der Waals surface area contributed by atoms with Crippen molar-refractivity contribution in [1.29, 1.82) is 0 Å². The fraction of sp³-hybridized carbons (Fsp3) is 0.759. The molecule has 1 aliphatic heterocycles. The first-order valence-electron chi connectivity index (χ1n) is 13.7. The second-order valence-corrected chi connectivity index (χ2v) is 17.1. The number of aryl methyl sites for hydroxylation is 1. The summed E-state index contributed by atoms with van der Waals surface area (Å²) in [4.78, 5) is 14.3. The molecule has 2 rings (SSSR count).